The summed E-state index contributed by atoms with van der Waals surface area (Å²) in [7, 11) is 0. The summed E-state index contributed by atoms with van der Waals surface area (Å²) < 4.78 is 6.60. The fourth-order valence-corrected chi connectivity index (χ4v) is 4.77. The van der Waals surface area contributed by atoms with E-state index in [1.165, 1.54) is 0 Å². The molecule has 0 amide bonds. The van der Waals surface area contributed by atoms with E-state index < -0.39 is 0 Å². The second-order valence-electron chi connectivity index (χ2n) is 8.66. The van der Waals surface area contributed by atoms with Gasteiger partial charge < -0.3 is 14.4 Å². The van der Waals surface area contributed by atoms with Crippen molar-refractivity contribution < 1.29 is 4.42 Å². The Morgan fingerprint density at radius 3 is 1.80 bits per heavy atom. The second-order valence-corrected chi connectivity index (χ2v) is 8.66. The molecule has 1 aliphatic rings. The highest BCUT2D eigenvalue weighted by atomic mass is 16.3. The number of aromatic nitrogens is 3. The highest BCUT2D eigenvalue weighted by Crippen LogP contribution is 2.35. The minimum atomic E-state index is 0.782. The summed E-state index contributed by atoms with van der Waals surface area (Å²) in [5.41, 5.74) is 11.5. The van der Waals surface area contributed by atoms with Gasteiger partial charge in [-0.2, -0.15) is 0 Å². The molecule has 6 aromatic rings. The van der Waals surface area contributed by atoms with Gasteiger partial charge in [-0.15, -0.1) is 0 Å². The minimum absolute atomic E-state index is 0.782. The summed E-state index contributed by atoms with van der Waals surface area (Å²) in [5, 5.41) is 0. The Balaban J connectivity index is 1.67. The quantitative estimate of drug-likeness (QED) is 0.278. The van der Waals surface area contributed by atoms with Gasteiger partial charge in [-0.1, -0.05) is 60.7 Å². The van der Waals surface area contributed by atoms with E-state index >= 15 is 0 Å². The molecule has 7 rings (SSSR count). The van der Waals surface area contributed by atoms with Gasteiger partial charge in [-0.05, 0) is 65.7 Å². The predicted octanol–water partition coefficient (Wildman–Crippen LogP) is 8.29. The fourth-order valence-electron chi connectivity index (χ4n) is 4.77. The molecule has 0 unspecified atom stereocenters. The van der Waals surface area contributed by atoms with Crippen LogP contribution in [-0.4, -0.2) is 15.0 Å². The number of nitrogens with one attached hydrogen (secondary N) is 2. The van der Waals surface area contributed by atoms with Gasteiger partial charge in [-0.3, -0.25) is 0 Å². The van der Waals surface area contributed by atoms with E-state index in [0.29, 0.717) is 0 Å². The van der Waals surface area contributed by atoms with Crippen molar-refractivity contribution in [2.24, 2.45) is 0 Å². The molecule has 0 atom stereocenters. The summed E-state index contributed by atoms with van der Waals surface area (Å²) in [5.74, 6) is 0. The Hall–Kier alpha value is -4.83. The summed E-state index contributed by atoms with van der Waals surface area (Å²) in [6, 6.07) is 35.2. The van der Waals surface area contributed by atoms with Crippen LogP contribution in [0.25, 0.3) is 67.6 Å². The molecular weight excluding hydrogens is 430 g/mol. The maximum atomic E-state index is 6.60. The predicted molar refractivity (Wildman–Crippen MR) is 144 cm³/mol. The van der Waals surface area contributed by atoms with Gasteiger partial charge in [-0.25, -0.2) is 4.98 Å². The third kappa shape index (κ3) is 3.44. The SMILES string of the molecule is C1=Cc2nc1c(-c1ccccc1)c1ccc(o1)c(-c1ccccc1)c1ccc(cc3ccc2[nH]3)[nH]1. The lowest BCUT2D eigenvalue weighted by molar-refractivity contribution is 0.668. The number of aromatic amines is 2. The summed E-state index contributed by atoms with van der Waals surface area (Å²) >= 11 is 0. The Morgan fingerprint density at radius 1 is 0.514 bits per heavy atom. The van der Waals surface area contributed by atoms with E-state index in [-0.39, 0.29) is 0 Å². The standard InChI is InChI=1S/C31H21N3O/c1-3-7-20(8-4-1)30-26-14-12-23(33-26)19-22-11-13-24(32-22)25-15-16-27(34-25)31(21-9-5-2-6-10-21)29-18-17-28(30)35-29/h1-19,32-33H. The van der Waals surface area contributed by atoms with E-state index in [1.807, 2.05) is 30.3 Å². The van der Waals surface area contributed by atoms with Gasteiger partial charge in [0.25, 0.3) is 0 Å². The minimum Gasteiger partial charge on any atom is -0.456 e. The van der Waals surface area contributed by atoms with Crippen molar-refractivity contribution in [3.63, 3.8) is 0 Å². The fraction of sp³-hybridized carbons (Fsp3) is 0. The highest BCUT2D eigenvalue weighted by Gasteiger charge is 2.14. The van der Waals surface area contributed by atoms with Crippen LogP contribution in [0.1, 0.15) is 11.4 Å². The van der Waals surface area contributed by atoms with E-state index in [4.69, 9.17) is 9.40 Å². The van der Waals surface area contributed by atoms with Crippen LogP contribution in [0.15, 0.2) is 108 Å². The van der Waals surface area contributed by atoms with Crippen molar-refractivity contribution in [3.05, 3.63) is 115 Å². The molecule has 0 saturated carbocycles. The maximum absolute atomic E-state index is 6.60. The Kier molecular flexibility index (Phi) is 4.42. The molecule has 2 N–H and O–H groups in total. The number of hydrogen-bond acceptors (Lipinski definition) is 2. The van der Waals surface area contributed by atoms with E-state index in [9.17, 15) is 0 Å². The molecule has 4 aromatic heterocycles. The molecule has 8 bridgehead atoms. The van der Waals surface area contributed by atoms with Gasteiger partial charge in [0.15, 0.2) is 0 Å². The number of fused-ring (bicyclic) bond motifs is 9. The van der Waals surface area contributed by atoms with E-state index in [2.05, 4.69) is 94.9 Å². The highest BCUT2D eigenvalue weighted by molar-refractivity contribution is 5.95. The van der Waals surface area contributed by atoms with Crippen molar-refractivity contribution in [1.82, 2.24) is 15.0 Å². The largest absolute Gasteiger partial charge is 0.456 e. The van der Waals surface area contributed by atoms with Gasteiger partial charge in [0.2, 0.25) is 0 Å². The smallest absolute Gasteiger partial charge is 0.137 e. The van der Waals surface area contributed by atoms with Gasteiger partial charge in [0.05, 0.1) is 28.0 Å². The van der Waals surface area contributed by atoms with Crippen LogP contribution < -0.4 is 0 Å². The molecule has 4 heteroatoms. The van der Waals surface area contributed by atoms with Crippen LogP contribution >= 0.6 is 0 Å². The van der Waals surface area contributed by atoms with Crippen LogP contribution in [-0.2, 0) is 0 Å². The van der Waals surface area contributed by atoms with E-state index in [1.54, 1.807) is 0 Å². The first-order valence-corrected chi connectivity index (χ1v) is 11.6. The first-order chi connectivity index (χ1) is 17.3. The summed E-state index contributed by atoms with van der Waals surface area (Å²) in [4.78, 5) is 12.1. The van der Waals surface area contributed by atoms with Gasteiger partial charge >= 0.3 is 0 Å². The normalized spacial score (nSPS) is 11.9. The van der Waals surface area contributed by atoms with E-state index in [0.717, 1.165) is 66.9 Å². The topological polar surface area (TPSA) is 57.6 Å². The van der Waals surface area contributed by atoms with Crippen LogP contribution in [0.4, 0.5) is 0 Å². The number of rotatable bonds is 2. The molecule has 4 nitrogen and oxygen atoms in total. The number of hydrogen-bond donors (Lipinski definition) is 2. The molecule has 35 heavy (non-hydrogen) atoms. The average Bonchev–Trinajstić information content (AvgIpc) is 3.70. The number of benzene rings is 2. The van der Waals surface area contributed by atoms with Crippen molar-refractivity contribution in [1.29, 1.82) is 0 Å². The van der Waals surface area contributed by atoms with Gasteiger partial charge in [0.1, 0.15) is 11.2 Å². The maximum Gasteiger partial charge on any atom is 0.137 e. The zero-order chi connectivity index (χ0) is 23.2. The Bertz CT molecular complexity index is 1840. The van der Waals surface area contributed by atoms with Crippen LogP contribution in [0.2, 0.25) is 0 Å². The molecule has 0 saturated heterocycles. The third-order valence-electron chi connectivity index (χ3n) is 6.39. The zero-order valence-corrected chi connectivity index (χ0v) is 18.8. The zero-order valence-electron chi connectivity index (χ0n) is 18.8. The number of nitrogens with zero attached hydrogens (tertiary/aromatic N) is 1. The number of furan rings is 1. The monoisotopic (exact) mass is 451 g/mol. The van der Waals surface area contributed by atoms with Crippen molar-refractivity contribution >= 4 is 45.4 Å². The molecule has 166 valence electrons. The molecule has 0 radical (unpaired) electrons. The lowest BCUT2D eigenvalue weighted by Crippen LogP contribution is -1.84. The summed E-state index contributed by atoms with van der Waals surface area (Å²) in [6.45, 7) is 0. The van der Waals surface area contributed by atoms with Crippen LogP contribution in [0.5, 0.6) is 0 Å². The number of H-pyrrole nitrogens is 2. The molecule has 5 heterocycles. The molecule has 0 aliphatic carbocycles. The first-order valence-electron chi connectivity index (χ1n) is 11.6. The Morgan fingerprint density at radius 2 is 1.09 bits per heavy atom. The van der Waals surface area contributed by atoms with Crippen molar-refractivity contribution in [2.45, 2.75) is 0 Å². The lowest BCUT2D eigenvalue weighted by Gasteiger charge is -2.03. The Labute approximate surface area is 201 Å². The average molecular weight is 452 g/mol. The van der Waals surface area contributed by atoms with Crippen molar-refractivity contribution in [3.8, 4) is 22.3 Å². The molecule has 0 spiro atoms. The van der Waals surface area contributed by atoms with Gasteiger partial charge in [0, 0.05) is 16.6 Å². The second kappa shape index (κ2) is 7.89. The molecule has 2 aromatic carbocycles. The third-order valence-corrected chi connectivity index (χ3v) is 6.39. The first kappa shape index (κ1) is 19.6. The summed E-state index contributed by atoms with van der Waals surface area (Å²) in [6.07, 6.45) is 4.12. The molecule has 1 aliphatic heterocycles. The lowest BCUT2D eigenvalue weighted by atomic mass is 10.0. The molecule has 0 fully saturated rings. The van der Waals surface area contributed by atoms with Crippen molar-refractivity contribution in [2.75, 3.05) is 0 Å². The van der Waals surface area contributed by atoms with Crippen LogP contribution in [0.3, 0.4) is 0 Å². The molecular formula is C31H21N3O. The van der Waals surface area contributed by atoms with Crippen LogP contribution in [0, 0.1) is 0 Å².